The molecule has 22 heavy (non-hydrogen) atoms. The van der Waals surface area contributed by atoms with Gasteiger partial charge < -0.3 is 9.84 Å². The highest BCUT2D eigenvalue weighted by Crippen LogP contribution is 2.22. The average molecular weight is 339 g/mol. The molecule has 2 rings (SSSR count). The fraction of sp³-hybridized carbons (Fsp3) is 0.0667. The van der Waals surface area contributed by atoms with Crippen LogP contribution in [0, 0.1) is 0 Å². The lowest BCUT2D eigenvalue weighted by atomic mass is 10.2. The smallest absolute Gasteiger partial charge is 0.272 e. The van der Waals surface area contributed by atoms with E-state index >= 15 is 0 Å². The highest BCUT2D eigenvalue weighted by atomic mass is 35.5. The molecule has 0 radical (unpaired) electrons. The van der Waals surface area contributed by atoms with Gasteiger partial charge in [0.15, 0.2) is 0 Å². The Hall–Kier alpha value is -2.24. The van der Waals surface area contributed by atoms with Gasteiger partial charge >= 0.3 is 0 Å². The van der Waals surface area contributed by atoms with Crippen molar-refractivity contribution in [2.24, 2.45) is 5.10 Å². The number of ether oxygens (including phenoxy) is 1. The van der Waals surface area contributed by atoms with Crippen LogP contribution in [-0.2, 0) is 0 Å². The van der Waals surface area contributed by atoms with Gasteiger partial charge in [-0.15, -0.1) is 0 Å². The molecule has 5 nitrogen and oxygen atoms in total. The van der Waals surface area contributed by atoms with E-state index in [1.807, 2.05) is 0 Å². The van der Waals surface area contributed by atoms with Crippen LogP contribution >= 0.6 is 23.2 Å². The molecule has 0 unspecified atom stereocenters. The molecule has 0 aliphatic rings. The Labute approximate surface area is 137 Å². The maximum Gasteiger partial charge on any atom is 0.272 e. The zero-order chi connectivity index (χ0) is 16.1. The number of methoxy groups -OCH3 is 1. The molecule has 114 valence electrons. The zero-order valence-electron chi connectivity index (χ0n) is 11.5. The Bertz CT molecular complexity index is 733. The number of hydrazone groups is 1. The molecular formula is C15H12Cl2N2O3. The van der Waals surface area contributed by atoms with Crippen molar-refractivity contribution < 1.29 is 14.6 Å². The van der Waals surface area contributed by atoms with Crippen LogP contribution in [-0.4, -0.2) is 24.3 Å². The number of phenols is 1. The maximum atomic E-state index is 11.9. The number of hydrogen-bond donors (Lipinski definition) is 2. The van der Waals surface area contributed by atoms with Gasteiger partial charge in [0.25, 0.3) is 5.91 Å². The third-order valence-corrected chi connectivity index (χ3v) is 3.33. The van der Waals surface area contributed by atoms with Crippen molar-refractivity contribution in [1.82, 2.24) is 5.43 Å². The molecule has 0 spiro atoms. The van der Waals surface area contributed by atoms with Crippen LogP contribution in [0.25, 0.3) is 0 Å². The number of halogens is 2. The van der Waals surface area contributed by atoms with Gasteiger partial charge in [-0.05, 0) is 30.3 Å². The third kappa shape index (κ3) is 3.90. The maximum absolute atomic E-state index is 11.9. The first-order chi connectivity index (χ1) is 10.5. The van der Waals surface area contributed by atoms with Crippen molar-refractivity contribution in [2.45, 2.75) is 0 Å². The van der Waals surface area contributed by atoms with Crippen molar-refractivity contribution in [3.63, 3.8) is 0 Å². The molecule has 0 heterocycles. The quantitative estimate of drug-likeness (QED) is 0.662. The number of amides is 1. The Morgan fingerprint density at radius 3 is 2.68 bits per heavy atom. The molecule has 0 saturated carbocycles. The highest BCUT2D eigenvalue weighted by Gasteiger charge is 2.09. The number of carbonyl (C=O) groups is 1. The summed E-state index contributed by atoms with van der Waals surface area (Å²) in [5, 5.41) is 14.2. The van der Waals surface area contributed by atoms with E-state index in [1.165, 1.54) is 31.5 Å². The summed E-state index contributed by atoms with van der Waals surface area (Å²) in [4.78, 5) is 11.9. The lowest BCUT2D eigenvalue weighted by Gasteiger charge is -2.04. The highest BCUT2D eigenvalue weighted by molar-refractivity contribution is 6.36. The number of carbonyl (C=O) groups excluding carboxylic acids is 1. The Morgan fingerprint density at radius 1 is 1.27 bits per heavy atom. The van der Waals surface area contributed by atoms with Crippen LogP contribution in [0.2, 0.25) is 10.0 Å². The number of rotatable bonds is 4. The third-order valence-electron chi connectivity index (χ3n) is 2.78. The normalized spacial score (nSPS) is 10.7. The predicted octanol–water partition coefficient (Wildman–Crippen LogP) is 3.47. The molecule has 2 aromatic rings. The van der Waals surface area contributed by atoms with Crippen molar-refractivity contribution in [2.75, 3.05) is 7.11 Å². The lowest BCUT2D eigenvalue weighted by molar-refractivity contribution is 0.0955. The van der Waals surface area contributed by atoms with E-state index in [1.54, 1.807) is 18.2 Å². The van der Waals surface area contributed by atoms with Gasteiger partial charge in [0.1, 0.15) is 11.5 Å². The fourth-order valence-corrected chi connectivity index (χ4v) is 2.15. The number of hydrogen-bond acceptors (Lipinski definition) is 4. The molecule has 0 saturated heterocycles. The van der Waals surface area contributed by atoms with Crippen LogP contribution in [0.5, 0.6) is 11.5 Å². The first-order valence-electron chi connectivity index (χ1n) is 6.16. The molecule has 2 N–H and O–H groups in total. The minimum Gasteiger partial charge on any atom is -0.507 e. The molecule has 0 aliphatic carbocycles. The van der Waals surface area contributed by atoms with Crippen molar-refractivity contribution in [3.05, 3.63) is 57.6 Å². The van der Waals surface area contributed by atoms with Crippen LogP contribution in [0.1, 0.15) is 15.9 Å². The van der Waals surface area contributed by atoms with Gasteiger partial charge in [-0.25, -0.2) is 5.43 Å². The first-order valence-corrected chi connectivity index (χ1v) is 6.92. The fourth-order valence-electron chi connectivity index (χ4n) is 1.65. The van der Waals surface area contributed by atoms with Gasteiger partial charge in [-0.1, -0.05) is 23.2 Å². The Kier molecular flexibility index (Phi) is 5.25. The summed E-state index contributed by atoms with van der Waals surface area (Å²) in [6.07, 6.45) is 1.32. The second-order valence-corrected chi connectivity index (χ2v) is 5.09. The molecule has 1 amide bonds. The molecular weight excluding hydrogens is 327 g/mol. The molecule has 0 bridgehead atoms. The standard InChI is InChI=1S/C15H12Cl2N2O3/c1-22-11-4-2-9(14(20)7-11)8-18-19-15(21)12-5-3-10(16)6-13(12)17/h2-8,20H,1H3,(H,19,21)/b18-8+. The lowest BCUT2D eigenvalue weighted by Crippen LogP contribution is -2.18. The van der Waals surface area contributed by atoms with Crippen molar-refractivity contribution in [3.8, 4) is 11.5 Å². The van der Waals surface area contributed by atoms with Crippen LogP contribution in [0.15, 0.2) is 41.5 Å². The van der Waals surface area contributed by atoms with E-state index in [2.05, 4.69) is 10.5 Å². The van der Waals surface area contributed by atoms with Gasteiger partial charge in [-0.2, -0.15) is 5.10 Å². The van der Waals surface area contributed by atoms with E-state index in [0.29, 0.717) is 16.3 Å². The molecule has 0 atom stereocenters. The number of nitrogens with zero attached hydrogens (tertiary/aromatic N) is 1. The van der Waals surface area contributed by atoms with E-state index in [4.69, 9.17) is 27.9 Å². The first kappa shape index (κ1) is 16.1. The second kappa shape index (κ2) is 7.15. The summed E-state index contributed by atoms with van der Waals surface area (Å²) >= 11 is 11.7. The second-order valence-electron chi connectivity index (χ2n) is 4.25. The average Bonchev–Trinajstić information content (AvgIpc) is 2.48. The summed E-state index contributed by atoms with van der Waals surface area (Å²) in [5.74, 6) is 0.0272. The Morgan fingerprint density at radius 2 is 2.05 bits per heavy atom. The Balaban J connectivity index is 2.07. The van der Waals surface area contributed by atoms with Crippen LogP contribution in [0.4, 0.5) is 0 Å². The molecule has 0 fully saturated rings. The summed E-state index contributed by atoms with van der Waals surface area (Å²) in [7, 11) is 1.50. The minimum absolute atomic E-state index is 0.0122. The molecule has 0 aliphatic heterocycles. The summed E-state index contributed by atoms with van der Waals surface area (Å²) in [6.45, 7) is 0. The molecule has 0 aromatic heterocycles. The number of nitrogens with one attached hydrogen (secondary N) is 1. The summed E-state index contributed by atoms with van der Waals surface area (Å²) < 4.78 is 4.97. The predicted molar refractivity (Wildman–Crippen MR) is 86.2 cm³/mol. The summed E-state index contributed by atoms with van der Waals surface area (Å²) in [5.41, 5.74) is 3.01. The zero-order valence-corrected chi connectivity index (χ0v) is 13.0. The van der Waals surface area contributed by atoms with Crippen molar-refractivity contribution in [1.29, 1.82) is 0 Å². The minimum atomic E-state index is -0.481. The molecule has 7 heteroatoms. The van der Waals surface area contributed by atoms with Gasteiger partial charge in [0.05, 0.1) is 23.9 Å². The summed E-state index contributed by atoms with van der Waals surface area (Å²) in [6, 6.07) is 9.25. The number of benzene rings is 2. The van der Waals surface area contributed by atoms with Crippen LogP contribution in [0.3, 0.4) is 0 Å². The van der Waals surface area contributed by atoms with Gasteiger partial charge in [0, 0.05) is 16.7 Å². The number of aromatic hydroxyl groups is 1. The van der Waals surface area contributed by atoms with Gasteiger partial charge in [0.2, 0.25) is 0 Å². The molecule has 2 aromatic carbocycles. The monoisotopic (exact) mass is 338 g/mol. The van der Waals surface area contributed by atoms with Crippen molar-refractivity contribution >= 4 is 35.3 Å². The number of phenolic OH excluding ortho intramolecular Hbond substituents is 1. The SMILES string of the molecule is COc1ccc(/C=N/NC(=O)c2ccc(Cl)cc2Cl)c(O)c1. The van der Waals surface area contributed by atoms with E-state index in [0.717, 1.165) is 0 Å². The van der Waals surface area contributed by atoms with E-state index < -0.39 is 5.91 Å². The van der Waals surface area contributed by atoms with E-state index in [-0.39, 0.29) is 16.3 Å². The van der Waals surface area contributed by atoms with Gasteiger partial charge in [-0.3, -0.25) is 4.79 Å². The van der Waals surface area contributed by atoms with Crippen LogP contribution < -0.4 is 10.2 Å². The van der Waals surface area contributed by atoms with E-state index in [9.17, 15) is 9.90 Å². The largest absolute Gasteiger partial charge is 0.507 e. The topological polar surface area (TPSA) is 70.9 Å².